The number of nitrogen functional groups attached to an aromatic ring is 1. The first-order valence-electron chi connectivity index (χ1n) is 12.2. The van der Waals surface area contributed by atoms with E-state index in [4.69, 9.17) is 10.7 Å². The van der Waals surface area contributed by atoms with E-state index in [0.717, 1.165) is 56.6 Å². The molecule has 0 spiro atoms. The van der Waals surface area contributed by atoms with Gasteiger partial charge >= 0.3 is 0 Å². The van der Waals surface area contributed by atoms with Crippen molar-refractivity contribution in [1.82, 2.24) is 34.6 Å². The van der Waals surface area contributed by atoms with Crippen molar-refractivity contribution in [1.29, 1.82) is 0 Å². The average molecular weight is 471 g/mol. The van der Waals surface area contributed by atoms with Crippen molar-refractivity contribution >= 4 is 28.7 Å². The Morgan fingerprint density at radius 3 is 2.51 bits per heavy atom. The van der Waals surface area contributed by atoms with Gasteiger partial charge in [-0.2, -0.15) is 0 Å². The number of nitrogens with one attached hydrogen (secondary N) is 2. The van der Waals surface area contributed by atoms with Crippen LogP contribution in [0.4, 0.5) is 23.0 Å². The van der Waals surface area contributed by atoms with Crippen LogP contribution in [0.5, 0.6) is 0 Å². The van der Waals surface area contributed by atoms with Gasteiger partial charge in [-0.1, -0.05) is 0 Å². The molecule has 0 aliphatic carbocycles. The molecule has 2 saturated heterocycles. The molecule has 0 saturated carbocycles. The Kier molecular flexibility index (Phi) is 5.89. The normalized spacial score (nSPS) is 17.7. The lowest BCUT2D eigenvalue weighted by atomic mass is 10.0. The predicted molar refractivity (Wildman–Crippen MR) is 138 cm³/mol. The molecule has 0 bridgehead atoms. The summed E-state index contributed by atoms with van der Waals surface area (Å²) in [6.45, 7) is 6.69. The fourth-order valence-corrected chi connectivity index (χ4v) is 5.05. The van der Waals surface area contributed by atoms with Crippen LogP contribution in [-0.2, 0) is 0 Å². The SMILES string of the molecule is Nc1cncc(-c2cn3ccnc3c(Nc3ccc(N4CCN(C5CCNCC5)CC4)cc3)n2)n1. The van der Waals surface area contributed by atoms with Gasteiger partial charge in [-0.15, -0.1) is 0 Å². The Bertz CT molecular complexity index is 1290. The van der Waals surface area contributed by atoms with Gasteiger partial charge in [0, 0.05) is 62.2 Å². The number of rotatable bonds is 5. The van der Waals surface area contributed by atoms with Crippen molar-refractivity contribution in [3.8, 4) is 11.4 Å². The summed E-state index contributed by atoms with van der Waals surface area (Å²) < 4.78 is 1.92. The van der Waals surface area contributed by atoms with Crippen LogP contribution in [0.2, 0.25) is 0 Å². The van der Waals surface area contributed by atoms with Gasteiger partial charge in [-0.05, 0) is 50.2 Å². The molecule has 35 heavy (non-hydrogen) atoms. The second kappa shape index (κ2) is 9.47. The first kappa shape index (κ1) is 21.8. The van der Waals surface area contributed by atoms with Gasteiger partial charge in [0.25, 0.3) is 0 Å². The Hall–Kier alpha value is -3.76. The number of hydrogen-bond acceptors (Lipinski definition) is 9. The standard InChI is InChI=1S/C25H30N10/c26-23-16-28-15-21(31-23)22-17-35-10-9-29-25(35)24(32-22)30-18-1-3-19(4-2-18)33-11-13-34(14-12-33)20-5-7-27-8-6-20/h1-4,9-10,15-17,20,27H,5-8,11-14H2,(H2,26,31)(H,30,32). The van der Waals surface area contributed by atoms with Crippen LogP contribution in [-0.4, -0.2) is 74.5 Å². The zero-order chi connectivity index (χ0) is 23.6. The van der Waals surface area contributed by atoms with Gasteiger partial charge in [0.1, 0.15) is 17.2 Å². The summed E-state index contributed by atoms with van der Waals surface area (Å²) in [6.07, 6.45) is 11.2. The van der Waals surface area contributed by atoms with E-state index in [-0.39, 0.29) is 0 Å². The smallest absolute Gasteiger partial charge is 0.180 e. The third kappa shape index (κ3) is 4.62. The van der Waals surface area contributed by atoms with Gasteiger partial charge in [-0.25, -0.2) is 15.0 Å². The summed E-state index contributed by atoms with van der Waals surface area (Å²) >= 11 is 0. The fraction of sp³-hybridized carbons (Fsp3) is 0.360. The van der Waals surface area contributed by atoms with Crippen molar-refractivity contribution in [3.05, 3.63) is 55.2 Å². The van der Waals surface area contributed by atoms with E-state index >= 15 is 0 Å². The monoisotopic (exact) mass is 470 g/mol. The van der Waals surface area contributed by atoms with Crippen LogP contribution >= 0.6 is 0 Å². The van der Waals surface area contributed by atoms with Gasteiger partial charge < -0.3 is 25.7 Å². The quantitative estimate of drug-likeness (QED) is 0.405. The number of benzene rings is 1. The van der Waals surface area contributed by atoms with Crippen LogP contribution in [0.3, 0.4) is 0 Å². The van der Waals surface area contributed by atoms with Crippen molar-refractivity contribution in [3.63, 3.8) is 0 Å². The number of aromatic nitrogens is 5. The third-order valence-corrected chi connectivity index (χ3v) is 6.92. The highest BCUT2D eigenvalue weighted by Gasteiger charge is 2.25. The van der Waals surface area contributed by atoms with E-state index in [2.05, 4.69) is 59.7 Å². The minimum absolute atomic E-state index is 0.358. The maximum atomic E-state index is 5.83. The molecule has 2 aliphatic heterocycles. The number of fused-ring (bicyclic) bond motifs is 1. The lowest BCUT2D eigenvalue weighted by Gasteiger charge is -2.41. The average Bonchev–Trinajstić information content (AvgIpc) is 3.39. The van der Waals surface area contributed by atoms with E-state index in [1.165, 1.54) is 24.7 Å². The molecule has 0 unspecified atom stereocenters. The summed E-state index contributed by atoms with van der Waals surface area (Å²) in [7, 11) is 0. The molecular formula is C25H30N10. The van der Waals surface area contributed by atoms with Crippen LogP contribution in [0.25, 0.3) is 17.0 Å². The van der Waals surface area contributed by atoms with Gasteiger partial charge in [0.05, 0.1) is 12.4 Å². The van der Waals surface area contributed by atoms with Crippen molar-refractivity contribution in [2.75, 3.05) is 55.2 Å². The predicted octanol–water partition coefficient (Wildman–Crippen LogP) is 2.39. The Morgan fingerprint density at radius 1 is 0.943 bits per heavy atom. The Labute approximate surface area is 204 Å². The lowest BCUT2D eigenvalue weighted by molar-refractivity contribution is 0.153. The van der Waals surface area contributed by atoms with Crippen LogP contribution in [0, 0.1) is 0 Å². The summed E-state index contributed by atoms with van der Waals surface area (Å²) in [5.41, 5.74) is 10.1. The first-order valence-corrected chi connectivity index (χ1v) is 12.2. The molecule has 0 amide bonds. The number of piperidine rings is 1. The maximum absolute atomic E-state index is 5.83. The molecule has 4 N–H and O–H groups in total. The minimum atomic E-state index is 0.358. The van der Waals surface area contributed by atoms with Crippen LogP contribution in [0.15, 0.2) is 55.2 Å². The molecule has 2 fully saturated rings. The van der Waals surface area contributed by atoms with E-state index in [1.807, 2.05) is 16.8 Å². The maximum Gasteiger partial charge on any atom is 0.180 e. The van der Waals surface area contributed by atoms with E-state index in [9.17, 15) is 0 Å². The molecule has 180 valence electrons. The van der Waals surface area contributed by atoms with Crippen LogP contribution in [0.1, 0.15) is 12.8 Å². The van der Waals surface area contributed by atoms with Gasteiger partial charge in [-0.3, -0.25) is 9.88 Å². The summed E-state index contributed by atoms with van der Waals surface area (Å²) in [5.74, 6) is 1.01. The lowest BCUT2D eigenvalue weighted by Crippen LogP contribution is -2.52. The zero-order valence-electron chi connectivity index (χ0n) is 19.6. The molecular weight excluding hydrogens is 440 g/mol. The second-order valence-corrected chi connectivity index (χ2v) is 9.14. The molecule has 3 aromatic heterocycles. The largest absolute Gasteiger partial charge is 0.382 e. The molecule has 1 aromatic carbocycles. The molecule has 6 rings (SSSR count). The highest BCUT2D eigenvalue weighted by Crippen LogP contribution is 2.26. The summed E-state index contributed by atoms with van der Waals surface area (Å²) in [5, 5.41) is 6.90. The van der Waals surface area contributed by atoms with E-state index in [0.29, 0.717) is 23.0 Å². The molecule has 10 nitrogen and oxygen atoms in total. The highest BCUT2D eigenvalue weighted by atomic mass is 15.3. The number of hydrogen-bond donors (Lipinski definition) is 3. The molecule has 0 atom stereocenters. The van der Waals surface area contributed by atoms with Gasteiger partial charge in [0.15, 0.2) is 11.5 Å². The first-order chi connectivity index (χ1) is 17.2. The molecule has 5 heterocycles. The number of nitrogens with zero attached hydrogens (tertiary/aromatic N) is 7. The topological polar surface area (TPSA) is 113 Å². The molecule has 4 aromatic rings. The zero-order valence-corrected chi connectivity index (χ0v) is 19.6. The number of nitrogens with two attached hydrogens (primary N) is 1. The Balaban J connectivity index is 1.16. The minimum Gasteiger partial charge on any atom is -0.382 e. The number of imidazole rings is 1. The van der Waals surface area contributed by atoms with E-state index < -0.39 is 0 Å². The summed E-state index contributed by atoms with van der Waals surface area (Å²) in [6, 6.07) is 9.30. The fourth-order valence-electron chi connectivity index (χ4n) is 5.05. The van der Waals surface area contributed by atoms with Crippen molar-refractivity contribution < 1.29 is 0 Å². The van der Waals surface area contributed by atoms with Gasteiger partial charge in [0.2, 0.25) is 0 Å². The van der Waals surface area contributed by atoms with E-state index in [1.54, 1.807) is 12.4 Å². The van der Waals surface area contributed by atoms with Crippen molar-refractivity contribution in [2.24, 2.45) is 0 Å². The number of anilines is 4. The molecule has 10 heteroatoms. The number of piperazine rings is 1. The highest BCUT2D eigenvalue weighted by molar-refractivity contribution is 5.73. The molecule has 0 radical (unpaired) electrons. The second-order valence-electron chi connectivity index (χ2n) is 9.14. The Morgan fingerprint density at radius 2 is 1.74 bits per heavy atom. The van der Waals surface area contributed by atoms with Crippen molar-refractivity contribution in [2.45, 2.75) is 18.9 Å². The van der Waals surface area contributed by atoms with Crippen LogP contribution < -0.4 is 21.3 Å². The molecule has 2 aliphatic rings. The third-order valence-electron chi connectivity index (χ3n) is 6.92. The summed E-state index contributed by atoms with van der Waals surface area (Å²) in [4.78, 5) is 22.9.